The van der Waals surface area contributed by atoms with E-state index in [1.165, 1.54) is 6.07 Å². The van der Waals surface area contributed by atoms with Gasteiger partial charge in [0.2, 0.25) is 5.95 Å². The van der Waals surface area contributed by atoms with Crippen molar-refractivity contribution < 1.29 is 9.13 Å². The van der Waals surface area contributed by atoms with Crippen LogP contribution in [0.5, 0.6) is 0 Å². The van der Waals surface area contributed by atoms with E-state index in [0.717, 1.165) is 17.0 Å². The third-order valence-electron chi connectivity index (χ3n) is 5.52. The lowest BCUT2D eigenvalue weighted by Crippen LogP contribution is -2.39. The number of fused-ring (bicyclic) bond motifs is 1. The van der Waals surface area contributed by atoms with Crippen molar-refractivity contribution in [3.8, 4) is 11.3 Å². The number of aryl methyl sites for hydroxylation is 2. The average Bonchev–Trinajstić information content (AvgIpc) is 2.78. The highest BCUT2D eigenvalue weighted by Crippen LogP contribution is 2.32. The van der Waals surface area contributed by atoms with Crippen LogP contribution in [0.4, 0.5) is 10.3 Å². The third-order valence-corrected chi connectivity index (χ3v) is 5.75. The van der Waals surface area contributed by atoms with E-state index in [4.69, 9.17) is 26.3 Å². The smallest absolute Gasteiger partial charge is 0.228 e. The zero-order valence-electron chi connectivity index (χ0n) is 17.7. The van der Waals surface area contributed by atoms with Crippen molar-refractivity contribution in [3.63, 3.8) is 0 Å². The van der Waals surface area contributed by atoms with Gasteiger partial charge in [-0.2, -0.15) is 4.98 Å². The number of hydrogen-bond acceptors (Lipinski definition) is 6. The van der Waals surface area contributed by atoms with Crippen LogP contribution >= 0.6 is 11.6 Å². The summed E-state index contributed by atoms with van der Waals surface area (Å²) < 4.78 is 20.8. The first kappa shape index (κ1) is 20.7. The molecule has 1 aliphatic heterocycles. The second-order valence-corrected chi connectivity index (χ2v) is 8.29. The Morgan fingerprint density at radius 1 is 1.03 bits per heavy atom. The summed E-state index contributed by atoms with van der Waals surface area (Å²) in [5, 5.41) is 1.03. The number of ether oxygens (including phenoxy) is 1. The van der Waals surface area contributed by atoms with Gasteiger partial charge in [0.15, 0.2) is 5.65 Å². The molecule has 162 valence electrons. The minimum absolute atomic E-state index is 0.133. The average molecular weight is 450 g/mol. The highest BCUT2D eigenvalue weighted by atomic mass is 35.5. The number of morpholine rings is 1. The number of rotatable bonds is 3. The van der Waals surface area contributed by atoms with Gasteiger partial charge in [-0.05, 0) is 61.9 Å². The van der Waals surface area contributed by atoms with Gasteiger partial charge in [0.25, 0.3) is 0 Å². The molecule has 1 saturated heterocycles. The van der Waals surface area contributed by atoms with Crippen molar-refractivity contribution in [2.45, 2.75) is 20.0 Å². The number of nitrogens with zero attached hydrogens (tertiary/aromatic N) is 5. The van der Waals surface area contributed by atoms with Crippen LogP contribution in [0, 0.1) is 19.7 Å². The normalized spacial score (nSPS) is 16.5. The summed E-state index contributed by atoms with van der Waals surface area (Å²) >= 11 is 5.97. The van der Waals surface area contributed by atoms with Crippen molar-refractivity contribution in [1.82, 2.24) is 19.9 Å². The molecule has 1 atom stereocenters. The highest BCUT2D eigenvalue weighted by molar-refractivity contribution is 6.30. The highest BCUT2D eigenvalue weighted by Gasteiger charge is 2.26. The molecule has 0 bridgehead atoms. The second-order valence-electron chi connectivity index (χ2n) is 7.86. The van der Waals surface area contributed by atoms with Crippen LogP contribution in [-0.2, 0) is 4.74 Å². The van der Waals surface area contributed by atoms with E-state index >= 15 is 0 Å². The maximum atomic E-state index is 14.8. The maximum absolute atomic E-state index is 14.8. The number of pyridine rings is 2. The van der Waals surface area contributed by atoms with Crippen LogP contribution in [0.1, 0.15) is 23.1 Å². The molecule has 8 heteroatoms. The van der Waals surface area contributed by atoms with Crippen LogP contribution in [-0.4, -0.2) is 39.6 Å². The zero-order valence-corrected chi connectivity index (χ0v) is 18.5. The molecule has 1 unspecified atom stereocenters. The van der Waals surface area contributed by atoms with E-state index in [1.54, 1.807) is 18.3 Å². The van der Waals surface area contributed by atoms with E-state index in [1.807, 2.05) is 38.1 Å². The molecule has 1 aromatic carbocycles. The number of halogens is 2. The molecule has 1 aliphatic rings. The molecule has 3 aromatic heterocycles. The number of anilines is 1. The first-order valence-corrected chi connectivity index (χ1v) is 10.8. The predicted octanol–water partition coefficient (Wildman–Crippen LogP) is 5.07. The van der Waals surface area contributed by atoms with Crippen LogP contribution in [0.2, 0.25) is 5.02 Å². The van der Waals surface area contributed by atoms with Crippen LogP contribution in [0.25, 0.3) is 22.3 Å². The Bertz CT molecular complexity index is 1320. The van der Waals surface area contributed by atoms with Crippen molar-refractivity contribution in [3.05, 3.63) is 76.5 Å². The molecule has 4 heterocycles. The Morgan fingerprint density at radius 3 is 2.72 bits per heavy atom. The predicted molar refractivity (Wildman–Crippen MR) is 122 cm³/mol. The van der Waals surface area contributed by atoms with Gasteiger partial charge in [0.05, 0.1) is 18.8 Å². The largest absolute Gasteiger partial charge is 0.370 e. The van der Waals surface area contributed by atoms with Crippen molar-refractivity contribution >= 4 is 28.6 Å². The lowest BCUT2D eigenvalue weighted by molar-refractivity contribution is 0.0391. The van der Waals surface area contributed by atoms with E-state index in [2.05, 4.69) is 14.9 Å². The van der Waals surface area contributed by atoms with E-state index in [9.17, 15) is 4.39 Å². The fraction of sp³-hybridized carbons (Fsp3) is 0.250. The third kappa shape index (κ3) is 4.01. The molecular formula is C24H21ClFN5O. The first-order valence-electron chi connectivity index (χ1n) is 10.4. The Balaban J connectivity index is 1.59. The summed E-state index contributed by atoms with van der Waals surface area (Å²) in [6.07, 6.45) is 1.65. The SMILES string of the molecule is Cc1cc(C2CN(c3nc(-c4ccc(Cl)cc4F)c4ccc(C)nc4n3)CCO2)ccn1. The van der Waals surface area contributed by atoms with Gasteiger partial charge in [-0.3, -0.25) is 4.98 Å². The van der Waals surface area contributed by atoms with Gasteiger partial charge >= 0.3 is 0 Å². The molecule has 1 fully saturated rings. The lowest BCUT2D eigenvalue weighted by atomic mass is 10.1. The Labute approximate surface area is 190 Å². The summed E-state index contributed by atoms with van der Waals surface area (Å²) in [5.74, 6) is 0.0650. The minimum Gasteiger partial charge on any atom is -0.370 e. The van der Waals surface area contributed by atoms with E-state index < -0.39 is 5.82 Å². The van der Waals surface area contributed by atoms with Crippen LogP contribution in [0.3, 0.4) is 0 Å². The number of benzene rings is 1. The number of aromatic nitrogens is 4. The summed E-state index contributed by atoms with van der Waals surface area (Å²) in [5.41, 5.74) is 4.21. The summed E-state index contributed by atoms with van der Waals surface area (Å²) in [4.78, 5) is 20.4. The molecule has 0 saturated carbocycles. The molecular weight excluding hydrogens is 429 g/mol. The van der Waals surface area contributed by atoms with Gasteiger partial charge in [-0.1, -0.05) is 11.6 Å². The lowest BCUT2D eigenvalue weighted by Gasteiger charge is -2.33. The van der Waals surface area contributed by atoms with Gasteiger partial charge in [0.1, 0.15) is 11.9 Å². The fourth-order valence-electron chi connectivity index (χ4n) is 3.92. The standard InChI is InChI=1S/C24H21ClFN5O/c1-14-3-5-19-22(18-6-4-17(25)12-20(18)26)29-24(30-23(19)28-14)31-9-10-32-21(13-31)16-7-8-27-15(2)11-16/h3-8,11-12,21H,9-10,13H2,1-2H3. The molecule has 0 radical (unpaired) electrons. The van der Waals surface area contributed by atoms with Gasteiger partial charge < -0.3 is 9.64 Å². The molecule has 0 amide bonds. The summed E-state index contributed by atoms with van der Waals surface area (Å²) in [6, 6.07) is 12.3. The molecule has 4 aromatic rings. The van der Waals surface area contributed by atoms with Crippen molar-refractivity contribution in [2.24, 2.45) is 0 Å². The molecule has 0 spiro atoms. The fourth-order valence-corrected chi connectivity index (χ4v) is 4.08. The molecule has 0 aliphatic carbocycles. The van der Waals surface area contributed by atoms with Gasteiger partial charge in [0, 0.05) is 40.1 Å². The molecule has 5 rings (SSSR count). The summed E-state index contributed by atoms with van der Waals surface area (Å²) in [7, 11) is 0. The quantitative estimate of drug-likeness (QED) is 0.435. The molecule has 0 N–H and O–H groups in total. The Kier molecular flexibility index (Phi) is 5.45. The maximum Gasteiger partial charge on any atom is 0.228 e. The Hall–Kier alpha value is -3.16. The summed E-state index contributed by atoms with van der Waals surface area (Å²) in [6.45, 7) is 5.58. The zero-order chi connectivity index (χ0) is 22.2. The first-order chi connectivity index (χ1) is 15.5. The molecule has 32 heavy (non-hydrogen) atoms. The van der Waals surface area contributed by atoms with Crippen LogP contribution < -0.4 is 4.90 Å². The Morgan fingerprint density at radius 2 is 1.91 bits per heavy atom. The minimum atomic E-state index is -0.434. The van der Waals surface area contributed by atoms with Crippen molar-refractivity contribution in [1.29, 1.82) is 0 Å². The van der Waals surface area contributed by atoms with Gasteiger partial charge in [-0.15, -0.1) is 0 Å². The number of hydrogen-bond donors (Lipinski definition) is 0. The van der Waals surface area contributed by atoms with E-state index in [0.29, 0.717) is 53.0 Å². The monoisotopic (exact) mass is 449 g/mol. The van der Waals surface area contributed by atoms with Crippen LogP contribution in [0.15, 0.2) is 48.7 Å². The van der Waals surface area contributed by atoms with E-state index in [-0.39, 0.29) is 6.10 Å². The topological polar surface area (TPSA) is 64.0 Å². The van der Waals surface area contributed by atoms with Gasteiger partial charge in [-0.25, -0.2) is 14.4 Å². The second kappa shape index (κ2) is 8.41. The van der Waals surface area contributed by atoms with Crippen molar-refractivity contribution in [2.75, 3.05) is 24.6 Å². The molecule has 6 nitrogen and oxygen atoms in total.